The fourth-order valence-electron chi connectivity index (χ4n) is 2.76. The molecule has 0 aliphatic heterocycles. The smallest absolute Gasteiger partial charge is 0.123 e. The molecule has 3 heteroatoms. The van der Waals surface area contributed by atoms with Crippen molar-refractivity contribution in [1.82, 2.24) is 10.2 Å². The molecular weight excluding hydrogens is 251 g/mol. The number of rotatable bonds is 9. The summed E-state index contributed by atoms with van der Waals surface area (Å²) in [5, 5.41) is 3.50. The van der Waals surface area contributed by atoms with Crippen molar-refractivity contribution in [2.75, 3.05) is 20.1 Å². The molecule has 0 heterocycles. The third-order valence-electron chi connectivity index (χ3n) is 4.06. The maximum atomic E-state index is 13.0. The Morgan fingerprint density at radius 1 is 1.10 bits per heavy atom. The minimum absolute atomic E-state index is 0.168. The van der Waals surface area contributed by atoms with Crippen LogP contribution in [0.25, 0.3) is 0 Å². The molecule has 0 saturated carbocycles. The Bertz CT molecular complexity index is 360. The molecule has 1 aromatic rings. The van der Waals surface area contributed by atoms with Crippen LogP contribution < -0.4 is 5.32 Å². The summed E-state index contributed by atoms with van der Waals surface area (Å²) in [5.41, 5.74) is 1.17. The average Bonchev–Trinajstić information content (AvgIpc) is 2.46. The summed E-state index contributed by atoms with van der Waals surface area (Å²) in [6.07, 6.45) is 3.43. The van der Waals surface area contributed by atoms with Gasteiger partial charge in [-0.15, -0.1) is 0 Å². The van der Waals surface area contributed by atoms with Gasteiger partial charge in [0.25, 0.3) is 0 Å². The second kappa shape index (κ2) is 9.09. The standard InChI is InChI=1S/C17H29FN2/c1-5-16(6-2)20(4)13-12-17(19-7-3)14-8-10-15(18)11-9-14/h8-11,16-17,19H,5-7,12-13H2,1-4H3. The highest BCUT2D eigenvalue weighted by Crippen LogP contribution is 2.18. The van der Waals surface area contributed by atoms with Crippen LogP contribution in [-0.2, 0) is 0 Å². The summed E-state index contributed by atoms with van der Waals surface area (Å²) in [4.78, 5) is 2.44. The van der Waals surface area contributed by atoms with E-state index in [1.165, 1.54) is 18.4 Å². The maximum Gasteiger partial charge on any atom is 0.123 e. The molecule has 0 aromatic heterocycles. The van der Waals surface area contributed by atoms with Crippen LogP contribution in [0.1, 0.15) is 51.6 Å². The van der Waals surface area contributed by atoms with Gasteiger partial charge in [0.1, 0.15) is 5.82 Å². The van der Waals surface area contributed by atoms with E-state index in [1.807, 2.05) is 12.1 Å². The van der Waals surface area contributed by atoms with Crippen molar-refractivity contribution in [3.05, 3.63) is 35.6 Å². The Balaban J connectivity index is 2.61. The van der Waals surface area contributed by atoms with E-state index >= 15 is 0 Å². The molecule has 0 aliphatic carbocycles. The van der Waals surface area contributed by atoms with E-state index < -0.39 is 0 Å². The summed E-state index contributed by atoms with van der Waals surface area (Å²) in [7, 11) is 2.20. The molecule has 114 valence electrons. The molecule has 0 saturated heterocycles. The van der Waals surface area contributed by atoms with Crippen LogP contribution in [0.3, 0.4) is 0 Å². The predicted octanol–water partition coefficient (Wildman–Crippen LogP) is 3.99. The van der Waals surface area contributed by atoms with Crippen molar-refractivity contribution < 1.29 is 4.39 Å². The van der Waals surface area contributed by atoms with Crippen molar-refractivity contribution in [3.8, 4) is 0 Å². The van der Waals surface area contributed by atoms with Crippen molar-refractivity contribution in [3.63, 3.8) is 0 Å². The summed E-state index contributed by atoms with van der Waals surface area (Å²) < 4.78 is 13.0. The quantitative estimate of drug-likeness (QED) is 0.736. The largest absolute Gasteiger partial charge is 0.310 e. The Hall–Kier alpha value is -0.930. The van der Waals surface area contributed by atoms with Crippen molar-refractivity contribution in [2.45, 2.75) is 52.1 Å². The van der Waals surface area contributed by atoms with Gasteiger partial charge < -0.3 is 10.2 Å². The Labute approximate surface area is 123 Å². The fourth-order valence-corrected chi connectivity index (χ4v) is 2.76. The predicted molar refractivity (Wildman–Crippen MR) is 84.4 cm³/mol. The van der Waals surface area contributed by atoms with Gasteiger partial charge in [-0.05, 0) is 57.1 Å². The molecule has 0 bridgehead atoms. The van der Waals surface area contributed by atoms with Crippen molar-refractivity contribution in [1.29, 1.82) is 0 Å². The number of nitrogens with zero attached hydrogens (tertiary/aromatic N) is 1. The van der Waals surface area contributed by atoms with Gasteiger partial charge in [-0.2, -0.15) is 0 Å². The maximum absolute atomic E-state index is 13.0. The number of hydrogen-bond donors (Lipinski definition) is 1. The Kier molecular flexibility index (Phi) is 7.78. The highest BCUT2D eigenvalue weighted by atomic mass is 19.1. The molecule has 1 rings (SSSR count). The van der Waals surface area contributed by atoms with E-state index in [4.69, 9.17) is 0 Å². The van der Waals surface area contributed by atoms with Gasteiger partial charge in [-0.3, -0.25) is 0 Å². The van der Waals surface area contributed by atoms with Crippen molar-refractivity contribution >= 4 is 0 Å². The summed E-state index contributed by atoms with van der Waals surface area (Å²) >= 11 is 0. The van der Waals surface area contributed by atoms with Crippen molar-refractivity contribution in [2.24, 2.45) is 0 Å². The molecule has 1 atom stereocenters. The average molecular weight is 280 g/mol. The SMILES string of the molecule is CCNC(CCN(C)C(CC)CC)c1ccc(F)cc1. The molecule has 1 aromatic carbocycles. The zero-order valence-corrected chi connectivity index (χ0v) is 13.3. The van der Waals surface area contributed by atoms with Gasteiger partial charge in [0, 0.05) is 12.1 Å². The lowest BCUT2D eigenvalue weighted by Gasteiger charge is -2.28. The summed E-state index contributed by atoms with van der Waals surface area (Å²) in [6.45, 7) is 8.58. The minimum atomic E-state index is -0.168. The molecule has 20 heavy (non-hydrogen) atoms. The van der Waals surface area contributed by atoms with E-state index in [9.17, 15) is 4.39 Å². The van der Waals surface area contributed by atoms with Gasteiger partial charge in [0.2, 0.25) is 0 Å². The first-order chi connectivity index (χ1) is 9.62. The third-order valence-corrected chi connectivity index (χ3v) is 4.06. The Morgan fingerprint density at radius 3 is 2.20 bits per heavy atom. The second-order valence-electron chi connectivity index (χ2n) is 5.40. The first-order valence-electron chi connectivity index (χ1n) is 7.81. The van der Waals surface area contributed by atoms with Gasteiger partial charge in [-0.1, -0.05) is 32.9 Å². The molecule has 0 radical (unpaired) electrons. The number of hydrogen-bond acceptors (Lipinski definition) is 2. The summed E-state index contributed by atoms with van der Waals surface area (Å²) in [6, 6.07) is 7.83. The number of halogens is 1. The molecule has 0 aliphatic rings. The molecule has 0 spiro atoms. The second-order valence-corrected chi connectivity index (χ2v) is 5.40. The van der Waals surface area contributed by atoms with E-state index in [1.54, 1.807) is 12.1 Å². The highest BCUT2D eigenvalue weighted by Gasteiger charge is 2.14. The zero-order chi connectivity index (χ0) is 15.0. The van der Waals surface area contributed by atoms with Gasteiger partial charge in [0.05, 0.1) is 0 Å². The van der Waals surface area contributed by atoms with Gasteiger partial charge >= 0.3 is 0 Å². The highest BCUT2D eigenvalue weighted by molar-refractivity contribution is 5.19. The molecule has 1 unspecified atom stereocenters. The lowest BCUT2D eigenvalue weighted by Crippen LogP contribution is -2.34. The lowest BCUT2D eigenvalue weighted by molar-refractivity contribution is 0.218. The minimum Gasteiger partial charge on any atom is -0.310 e. The molecule has 1 N–H and O–H groups in total. The number of nitrogens with one attached hydrogen (secondary N) is 1. The number of benzene rings is 1. The molecular formula is C17H29FN2. The van der Waals surface area contributed by atoms with Crippen LogP contribution in [0.2, 0.25) is 0 Å². The van der Waals surface area contributed by atoms with E-state index in [0.29, 0.717) is 12.1 Å². The van der Waals surface area contributed by atoms with Crippen LogP contribution in [-0.4, -0.2) is 31.1 Å². The third kappa shape index (κ3) is 5.22. The van der Waals surface area contributed by atoms with Crippen LogP contribution >= 0.6 is 0 Å². The van der Waals surface area contributed by atoms with E-state index in [0.717, 1.165) is 19.5 Å². The van der Waals surface area contributed by atoms with Crippen LogP contribution in [0, 0.1) is 5.82 Å². The van der Waals surface area contributed by atoms with Crippen LogP contribution in [0.4, 0.5) is 4.39 Å². The molecule has 2 nitrogen and oxygen atoms in total. The summed E-state index contributed by atoms with van der Waals surface area (Å²) in [5.74, 6) is -0.168. The van der Waals surface area contributed by atoms with E-state index in [2.05, 4.69) is 38.0 Å². The van der Waals surface area contributed by atoms with Gasteiger partial charge in [-0.25, -0.2) is 4.39 Å². The fraction of sp³-hybridized carbons (Fsp3) is 0.647. The van der Waals surface area contributed by atoms with E-state index in [-0.39, 0.29) is 5.82 Å². The van der Waals surface area contributed by atoms with Crippen LogP contribution in [0.5, 0.6) is 0 Å². The Morgan fingerprint density at radius 2 is 1.70 bits per heavy atom. The zero-order valence-electron chi connectivity index (χ0n) is 13.3. The molecule has 0 fully saturated rings. The van der Waals surface area contributed by atoms with Gasteiger partial charge in [0.15, 0.2) is 0 Å². The molecule has 0 amide bonds. The van der Waals surface area contributed by atoms with Crippen LogP contribution in [0.15, 0.2) is 24.3 Å². The monoisotopic (exact) mass is 280 g/mol. The normalized spacial score (nSPS) is 13.2. The lowest BCUT2D eigenvalue weighted by atomic mass is 10.0. The first kappa shape index (κ1) is 17.1. The topological polar surface area (TPSA) is 15.3 Å². The first-order valence-corrected chi connectivity index (χ1v) is 7.81.